The second kappa shape index (κ2) is 7.18. The number of pyridine rings is 1. The molecule has 2 aliphatic rings. The first-order valence-corrected chi connectivity index (χ1v) is 8.59. The van der Waals surface area contributed by atoms with E-state index in [4.69, 9.17) is 14.0 Å². The molecular weight excluding hydrogens is 324 g/mol. The molecular formula is C17H20N4O4. The van der Waals surface area contributed by atoms with Crippen LogP contribution >= 0.6 is 0 Å². The van der Waals surface area contributed by atoms with Crippen LogP contribution in [-0.4, -0.2) is 51.8 Å². The summed E-state index contributed by atoms with van der Waals surface area (Å²) in [5.74, 6) is 0.945. The van der Waals surface area contributed by atoms with Crippen molar-refractivity contribution in [3.05, 3.63) is 36.1 Å². The van der Waals surface area contributed by atoms with E-state index in [0.717, 1.165) is 25.7 Å². The lowest BCUT2D eigenvalue weighted by Crippen LogP contribution is -2.39. The minimum Gasteiger partial charge on any atom is -0.472 e. The number of nitrogens with zero attached hydrogens (tertiary/aromatic N) is 4. The smallest absolute Gasteiger partial charge is 0.254 e. The molecule has 2 aliphatic heterocycles. The van der Waals surface area contributed by atoms with Crippen LogP contribution in [0.4, 0.5) is 0 Å². The quantitative estimate of drug-likeness (QED) is 0.838. The molecule has 0 spiro atoms. The molecule has 2 aromatic heterocycles. The van der Waals surface area contributed by atoms with E-state index < -0.39 is 0 Å². The molecule has 4 heterocycles. The zero-order valence-corrected chi connectivity index (χ0v) is 13.8. The average Bonchev–Trinajstić information content (AvgIpc) is 3.35. The zero-order valence-electron chi connectivity index (χ0n) is 13.8. The van der Waals surface area contributed by atoms with Crippen molar-refractivity contribution in [1.82, 2.24) is 20.0 Å². The Hall–Kier alpha value is -2.48. The molecule has 8 heteroatoms. The summed E-state index contributed by atoms with van der Waals surface area (Å²) in [5.41, 5.74) is 0.555. The highest BCUT2D eigenvalue weighted by molar-refractivity contribution is 5.94. The third-order valence-electron chi connectivity index (χ3n) is 4.60. The Bertz CT molecular complexity index is 715. The maximum atomic E-state index is 13.0. The van der Waals surface area contributed by atoms with Gasteiger partial charge in [-0.2, -0.15) is 4.98 Å². The predicted molar refractivity (Wildman–Crippen MR) is 86.0 cm³/mol. The molecule has 2 fully saturated rings. The van der Waals surface area contributed by atoms with E-state index >= 15 is 0 Å². The Labute approximate surface area is 145 Å². The van der Waals surface area contributed by atoms with Crippen LogP contribution < -0.4 is 4.74 Å². The minimum absolute atomic E-state index is 0.0000764. The van der Waals surface area contributed by atoms with Crippen LogP contribution in [0.1, 0.15) is 47.9 Å². The lowest BCUT2D eigenvalue weighted by molar-refractivity contribution is 0.0595. The highest BCUT2D eigenvalue weighted by Gasteiger charge is 2.31. The molecule has 2 aromatic rings. The number of likely N-dealkylation sites (tertiary alicyclic amines) is 1. The maximum absolute atomic E-state index is 13.0. The minimum atomic E-state index is -0.152. The van der Waals surface area contributed by atoms with Gasteiger partial charge in [0, 0.05) is 30.8 Å². The summed E-state index contributed by atoms with van der Waals surface area (Å²) < 4.78 is 16.0. The van der Waals surface area contributed by atoms with Gasteiger partial charge >= 0.3 is 0 Å². The fourth-order valence-electron chi connectivity index (χ4n) is 3.32. The summed E-state index contributed by atoms with van der Waals surface area (Å²) in [5, 5.41) is 3.92. The molecule has 0 aromatic carbocycles. The van der Waals surface area contributed by atoms with E-state index in [-0.39, 0.29) is 18.1 Å². The number of hydrogen-bond donors (Lipinski definition) is 0. The number of rotatable bonds is 4. The third-order valence-corrected chi connectivity index (χ3v) is 4.60. The molecule has 8 nitrogen and oxygen atoms in total. The van der Waals surface area contributed by atoms with Crippen LogP contribution in [0.25, 0.3) is 0 Å². The Balaban J connectivity index is 1.52. The molecule has 2 saturated heterocycles. The topological polar surface area (TPSA) is 90.6 Å². The lowest BCUT2D eigenvalue weighted by Gasteiger charge is -2.33. The van der Waals surface area contributed by atoms with E-state index in [1.165, 1.54) is 6.39 Å². The monoisotopic (exact) mass is 344 g/mol. The molecule has 4 rings (SSSR count). The molecule has 0 bridgehead atoms. The Morgan fingerprint density at radius 2 is 2.24 bits per heavy atom. The number of ether oxygens (including phenoxy) is 2. The van der Waals surface area contributed by atoms with Crippen molar-refractivity contribution in [2.45, 2.75) is 37.8 Å². The fraction of sp³-hybridized carbons (Fsp3) is 0.529. The van der Waals surface area contributed by atoms with Gasteiger partial charge in [-0.25, -0.2) is 4.98 Å². The van der Waals surface area contributed by atoms with Crippen molar-refractivity contribution in [2.75, 3.05) is 19.8 Å². The van der Waals surface area contributed by atoms with E-state index in [0.29, 0.717) is 37.0 Å². The maximum Gasteiger partial charge on any atom is 0.254 e. The van der Waals surface area contributed by atoms with Crippen molar-refractivity contribution >= 4 is 5.91 Å². The number of amides is 1. The van der Waals surface area contributed by atoms with Gasteiger partial charge in [-0.3, -0.25) is 4.79 Å². The number of carbonyl (C=O) groups is 1. The highest BCUT2D eigenvalue weighted by atomic mass is 16.5. The molecule has 0 saturated carbocycles. The molecule has 0 unspecified atom stereocenters. The van der Waals surface area contributed by atoms with Crippen molar-refractivity contribution in [3.8, 4) is 5.88 Å². The summed E-state index contributed by atoms with van der Waals surface area (Å²) in [6.45, 7) is 1.93. The first-order valence-electron chi connectivity index (χ1n) is 8.59. The van der Waals surface area contributed by atoms with E-state index in [1.54, 1.807) is 18.3 Å². The first kappa shape index (κ1) is 16.0. The number of aromatic nitrogens is 3. The molecule has 1 amide bonds. The van der Waals surface area contributed by atoms with Gasteiger partial charge < -0.3 is 18.9 Å². The number of carbonyl (C=O) groups excluding carboxylic acids is 1. The van der Waals surface area contributed by atoms with Crippen LogP contribution in [0.15, 0.2) is 29.2 Å². The third kappa shape index (κ3) is 3.48. The number of piperidine rings is 1. The summed E-state index contributed by atoms with van der Waals surface area (Å²) in [4.78, 5) is 23.2. The van der Waals surface area contributed by atoms with Gasteiger partial charge in [0.1, 0.15) is 6.10 Å². The van der Waals surface area contributed by atoms with Crippen LogP contribution in [0.5, 0.6) is 5.88 Å². The molecule has 2 atom stereocenters. The average molecular weight is 344 g/mol. The van der Waals surface area contributed by atoms with Gasteiger partial charge in [-0.1, -0.05) is 5.16 Å². The zero-order chi connectivity index (χ0) is 17.1. The Morgan fingerprint density at radius 1 is 1.28 bits per heavy atom. The molecule has 132 valence electrons. The summed E-state index contributed by atoms with van der Waals surface area (Å²) in [6.07, 6.45) is 6.58. The molecule has 25 heavy (non-hydrogen) atoms. The van der Waals surface area contributed by atoms with Crippen LogP contribution in [-0.2, 0) is 4.74 Å². The van der Waals surface area contributed by atoms with Crippen molar-refractivity contribution in [3.63, 3.8) is 0 Å². The fourth-order valence-corrected chi connectivity index (χ4v) is 3.32. The normalized spacial score (nSPS) is 23.6. The van der Waals surface area contributed by atoms with Gasteiger partial charge in [0.05, 0.1) is 19.3 Å². The second-order valence-corrected chi connectivity index (χ2v) is 6.29. The Morgan fingerprint density at radius 3 is 3.04 bits per heavy atom. The van der Waals surface area contributed by atoms with Gasteiger partial charge in [0.2, 0.25) is 12.3 Å². The second-order valence-electron chi connectivity index (χ2n) is 6.29. The summed E-state index contributed by atoms with van der Waals surface area (Å²) in [7, 11) is 0. The highest BCUT2D eigenvalue weighted by Crippen LogP contribution is 2.30. The largest absolute Gasteiger partial charge is 0.472 e. The first-order chi connectivity index (χ1) is 12.3. The summed E-state index contributed by atoms with van der Waals surface area (Å²) >= 11 is 0. The molecule has 0 aliphatic carbocycles. The van der Waals surface area contributed by atoms with E-state index in [9.17, 15) is 4.79 Å². The van der Waals surface area contributed by atoms with Gasteiger partial charge in [0.15, 0.2) is 5.82 Å². The predicted octanol–water partition coefficient (Wildman–Crippen LogP) is 2.00. The van der Waals surface area contributed by atoms with Gasteiger partial charge in [-0.15, -0.1) is 0 Å². The summed E-state index contributed by atoms with van der Waals surface area (Å²) in [6, 6.07) is 3.26. The van der Waals surface area contributed by atoms with Crippen molar-refractivity contribution < 1.29 is 18.8 Å². The van der Waals surface area contributed by atoms with E-state index in [1.807, 2.05) is 4.90 Å². The van der Waals surface area contributed by atoms with Crippen LogP contribution in [0, 0.1) is 0 Å². The van der Waals surface area contributed by atoms with Crippen LogP contribution in [0.2, 0.25) is 0 Å². The van der Waals surface area contributed by atoms with Crippen molar-refractivity contribution in [2.24, 2.45) is 0 Å². The standard InChI is InChI=1S/C17H20N4O4/c22-17(21-7-2-1-3-14(21)16-19-11-24-20-16)12-4-6-18-15(9-12)25-13-5-8-23-10-13/h4,6,9,11,13-14H,1-3,5,7-8,10H2/t13-,14-/m1/s1. The van der Waals surface area contributed by atoms with E-state index in [2.05, 4.69) is 15.1 Å². The van der Waals surface area contributed by atoms with Crippen molar-refractivity contribution in [1.29, 1.82) is 0 Å². The molecule has 0 N–H and O–H groups in total. The van der Waals surface area contributed by atoms with Gasteiger partial charge in [-0.05, 0) is 25.3 Å². The van der Waals surface area contributed by atoms with Crippen LogP contribution in [0.3, 0.4) is 0 Å². The lowest BCUT2D eigenvalue weighted by atomic mass is 10.0. The Kier molecular flexibility index (Phi) is 4.60. The molecule has 0 radical (unpaired) electrons. The number of hydrogen-bond acceptors (Lipinski definition) is 7. The SMILES string of the molecule is O=C(c1ccnc(O[C@@H]2CCOC2)c1)N1CCCC[C@@H]1c1ncon1. The van der Waals surface area contributed by atoms with Gasteiger partial charge in [0.25, 0.3) is 5.91 Å².